The summed E-state index contributed by atoms with van der Waals surface area (Å²) in [6.07, 6.45) is 0. The number of nitrogens with one attached hydrogen (secondary N) is 1. The lowest BCUT2D eigenvalue weighted by Gasteiger charge is -2.20. The Morgan fingerprint density at radius 3 is 2.68 bits per heavy atom. The Balaban J connectivity index is 3.27. The van der Waals surface area contributed by atoms with Gasteiger partial charge in [-0.2, -0.15) is 5.26 Å². The number of likely N-dealkylation sites (N-methyl/N-ethyl adjacent to an activating group) is 2. The molecule has 0 atom stereocenters. The van der Waals surface area contributed by atoms with E-state index in [9.17, 15) is 14.9 Å². The second-order valence-corrected chi connectivity index (χ2v) is 4.04. The number of nitro groups is 1. The summed E-state index contributed by atoms with van der Waals surface area (Å²) in [4.78, 5) is 23.3. The zero-order valence-electron chi connectivity index (χ0n) is 10.9. The van der Waals surface area contributed by atoms with Gasteiger partial charge < -0.3 is 10.2 Å². The van der Waals surface area contributed by atoms with E-state index in [0.717, 1.165) is 0 Å². The Morgan fingerprint density at radius 2 is 2.21 bits per heavy atom. The van der Waals surface area contributed by atoms with Crippen LogP contribution in [-0.4, -0.2) is 31.5 Å². The maximum atomic E-state index is 11.3. The normalized spacial score (nSPS) is 9.58. The molecule has 0 spiro atoms. The van der Waals surface area contributed by atoms with Gasteiger partial charge in [-0.05, 0) is 13.0 Å². The van der Waals surface area contributed by atoms with E-state index in [1.807, 2.05) is 6.07 Å². The van der Waals surface area contributed by atoms with E-state index in [2.05, 4.69) is 5.32 Å². The maximum absolute atomic E-state index is 11.3. The molecule has 7 heteroatoms. The number of rotatable bonds is 4. The summed E-state index contributed by atoms with van der Waals surface area (Å²) in [6, 6.07) is 4.64. The molecule has 0 aliphatic rings. The van der Waals surface area contributed by atoms with E-state index < -0.39 is 4.92 Å². The van der Waals surface area contributed by atoms with Gasteiger partial charge in [-0.1, -0.05) is 0 Å². The highest BCUT2D eigenvalue weighted by atomic mass is 16.6. The summed E-state index contributed by atoms with van der Waals surface area (Å²) in [6.45, 7) is 1.65. The number of nitrogens with zero attached hydrogens (tertiary/aromatic N) is 3. The number of carbonyl (C=O) groups excluding carboxylic acids is 1. The highest BCUT2D eigenvalue weighted by Gasteiger charge is 2.19. The summed E-state index contributed by atoms with van der Waals surface area (Å²) in [7, 11) is 3.15. The maximum Gasteiger partial charge on any atom is 0.275 e. The number of anilines is 1. The average molecular weight is 262 g/mol. The zero-order chi connectivity index (χ0) is 14.6. The van der Waals surface area contributed by atoms with Crippen molar-refractivity contribution in [3.8, 4) is 6.07 Å². The summed E-state index contributed by atoms with van der Waals surface area (Å²) < 4.78 is 0. The monoisotopic (exact) mass is 262 g/mol. The fourth-order valence-corrected chi connectivity index (χ4v) is 1.71. The van der Waals surface area contributed by atoms with Gasteiger partial charge >= 0.3 is 0 Å². The summed E-state index contributed by atoms with van der Waals surface area (Å²) >= 11 is 0. The predicted molar refractivity (Wildman–Crippen MR) is 69.9 cm³/mol. The Labute approximate surface area is 110 Å². The van der Waals surface area contributed by atoms with Crippen molar-refractivity contribution < 1.29 is 9.72 Å². The number of hydrogen-bond donors (Lipinski definition) is 1. The van der Waals surface area contributed by atoms with Crippen LogP contribution in [0.2, 0.25) is 0 Å². The Morgan fingerprint density at radius 1 is 1.58 bits per heavy atom. The fraction of sp³-hybridized carbons (Fsp3) is 0.333. The molecule has 0 unspecified atom stereocenters. The van der Waals surface area contributed by atoms with Crippen LogP contribution in [0.3, 0.4) is 0 Å². The number of hydrogen-bond acceptors (Lipinski definition) is 5. The first kappa shape index (κ1) is 14.4. The Hall–Kier alpha value is -2.62. The Bertz CT molecular complexity index is 563. The van der Waals surface area contributed by atoms with Crippen molar-refractivity contribution in [1.82, 2.24) is 5.32 Å². The predicted octanol–water partition coefficient (Wildman–Crippen LogP) is 0.957. The highest BCUT2D eigenvalue weighted by Crippen LogP contribution is 2.29. The van der Waals surface area contributed by atoms with Crippen LogP contribution >= 0.6 is 0 Å². The van der Waals surface area contributed by atoms with Gasteiger partial charge in [0.15, 0.2) is 0 Å². The molecule has 0 aromatic heterocycles. The molecule has 1 rings (SSSR count). The van der Waals surface area contributed by atoms with Crippen molar-refractivity contribution in [2.45, 2.75) is 6.92 Å². The van der Waals surface area contributed by atoms with Crippen molar-refractivity contribution in [1.29, 1.82) is 5.26 Å². The zero-order valence-corrected chi connectivity index (χ0v) is 10.9. The lowest BCUT2D eigenvalue weighted by atomic mass is 10.1. The Kier molecular flexibility index (Phi) is 4.42. The third kappa shape index (κ3) is 3.19. The molecule has 1 aromatic carbocycles. The molecule has 0 heterocycles. The number of nitriles is 1. The second-order valence-electron chi connectivity index (χ2n) is 4.04. The molecular formula is C12H14N4O3. The quantitative estimate of drug-likeness (QED) is 0.643. The summed E-state index contributed by atoms with van der Waals surface area (Å²) in [5.41, 5.74) is 0.985. The van der Waals surface area contributed by atoms with Crippen molar-refractivity contribution in [3.63, 3.8) is 0 Å². The lowest BCUT2D eigenvalue weighted by molar-refractivity contribution is -0.385. The third-order valence-corrected chi connectivity index (χ3v) is 2.75. The van der Waals surface area contributed by atoms with E-state index in [1.165, 1.54) is 19.2 Å². The van der Waals surface area contributed by atoms with Gasteiger partial charge in [-0.15, -0.1) is 0 Å². The molecule has 19 heavy (non-hydrogen) atoms. The van der Waals surface area contributed by atoms with E-state index in [0.29, 0.717) is 11.3 Å². The van der Waals surface area contributed by atoms with Crippen molar-refractivity contribution in [2.24, 2.45) is 0 Å². The van der Waals surface area contributed by atoms with Gasteiger partial charge in [0.2, 0.25) is 5.91 Å². The average Bonchev–Trinajstić information content (AvgIpc) is 2.38. The third-order valence-electron chi connectivity index (χ3n) is 2.75. The largest absolute Gasteiger partial charge is 0.365 e. The topological polar surface area (TPSA) is 99.3 Å². The first-order valence-corrected chi connectivity index (χ1v) is 5.51. The van der Waals surface area contributed by atoms with Crippen LogP contribution in [0.5, 0.6) is 0 Å². The summed E-state index contributed by atoms with van der Waals surface area (Å²) in [5, 5.41) is 22.3. The first-order chi connectivity index (χ1) is 8.90. The van der Waals surface area contributed by atoms with Crippen LogP contribution < -0.4 is 10.2 Å². The fourth-order valence-electron chi connectivity index (χ4n) is 1.71. The van der Waals surface area contributed by atoms with Crippen LogP contribution in [0, 0.1) is 28.4 Å². The number of nitro benzene ring substituents is 1. The van der Waals surface area contributed by atoms with Gasteiger partial charge in [-0.25, -0.2) is 0 Å². The molecule has 0 radical (unpaired) electrons. The van der Waals surface area contributed by atoms with E-state index in [4.69, 9.17) is 5.26 Å². The standard InChI is InChI=1S/C12H14N4O3/c1-8-10(15(3)7-12(17)14-2)4-9(6-13)5-11(8)16(18)19/h4-5H,7H2,1-3H3,(H,14,17). The number of carbonyl (C=O) groups is 1. The minimum Gasteiger partial charge on any atom is -0.365 e. The van der Waals surface area contributed by atoms with Crippen LogP contribution in [0.25, 0.3) is 0 Å². The van der Waals surface area contributed by atoms with Crippen LogP contribution in [0.1, 0.15) is 11.1 Å². The van der Waals surface area contributed by atoms with Gasteiger partial charge in [0.1, 0.15) is 0 Å². The van der Waals surface area contributed by atoms with Crippen molar-refractivity contribution in [2.75, 3.05) is 25.5 Å². The summed E-state index contributed by atoms with van der Waals surface area (Å²) in [5.74, 6) is -0.216. The highest BCUT2D eigenvalue weighted by molar-refractivity contribution is 5.81. The molecule has 0 aliphatic carbocycles. The smallest absolute Gasteiger partial charge is 0.275 e. The van der Waals surface area contributed by atoms with Crippen LogP contribution in [-0.2, 0) is 4.79 Å². The minimum absolute atomic E-state index is 0.0589. The van der Waals surface area contributed by atoms with Gasteiger partial charge in [-0.3, -0.25) is 14.9 Å². The lowest BCUT2D eigenvalue weighted by Crippen LogP contribution is -2.33. The molecule has 0 bridgehead atoms. The molecule has 0 saturated carbocycles. The molecule has 1 amide bonds. The van der Waals surface area contributed by atoms with Gasteiger partial charge in [0, 0.05) is 25.8 Å². The van der Waals surface area contributed by atoms with Crippen molar-refractivity contribution in [3.05, 3.63) is 33.4 Å². The molecule has 1 aromatic rings. The molecule has 1 N–H and O–H groups in total. The SMILES string of the molecule is CNC(=O)CN(C)c1cc(C#N)cc([N+](=O)[O-])c1C. The minimum atomic E-state index is -0.534. The van der Waals surface area contributed by atoms with Crippen LogP contribution in [0.15, 0.2) is 12.1 Å². The molecule has 7 nitrogen and oxygen atoms in total. The molecule has 100 valence electrons. The number of amides is 1. The molecule has 0 fully saturated rings. The number of benzene rings is 1. The van der Waals surface area contributed by atoms with E-state index in [1.54, 1.807) is 18.9 Å². The van der Waals surface area contributed by atoms with Crippen LogP contribution in [0.4, 0.5) is 11.4 Å². The van der Waals surface area contributed by atoms with E-state index in [-0.39, 0.29) is 23.7 Å². The van der Waals surface area contributed by atoms with Gasteiger partial charge in [0.05, 0.1) is 28.7 Å². The molecule has 0 saturated heterocycles. The molecule has 0 aliphatic heterocycles. The van der Waals surface area contributed by atoms with Gasteiger partial charge in [0.25, 0.3) is 5.69 Å². The molecular weight excluding hydrogens is 248 g/mol. The van der Waals surface area contributed by atoms with Crippen molar-refractivity contribution >= 4 is 17.3 Å². The first-order valence-electron chi connectivity index (χ1n) is 5.51. The second kappa shape index (κ2) is 5.82. The van der Waals surface area contributed by atoms with E-state index >= 15 is 0 Å².